The average molecular weight is 421 g/mol. The number of hydrogen-bond donors (Lipinski definition) is 1. The van der Waals surface area contributed by atoms with Crippen LogP contribution in [0.5, 0.6) is 0 Å². The molecule has 1 fully saturated rings. The molecular weight excluding hydrogens is 404 g/mol. The molecular formula is C22H17F2N5O2. The second-order valence-electron chi connectivity index (χ2n) is 7.24. The molecule has 1 unspecified atom stereocenters. The van der Waals surface area contributed by atoms with Gasteiger partial charge in [0.25, 0.3) is 11.8 Å². The van der Waals surface area contributed by atoms with Crippen molar-refractivity contribution >= 4 is 22.7 Å². The summed E-state index contributed by atoms with van der Waals surface area (Å²) in [5.74, 6) is -4.38. The Morgan fingerprint density at radius 3 is 2.81 bits per heavy atom. The number of amides is 2. The molecule has 1 aliphatic rings. The van der Waals surface area contributed by atoms with Crippen LogP contribution in [0, 0.1) is 11.3 Å². The van der Waals surface area contributed by atoms with Gasteiger partial charge in [-0.05, 0) is 29.8 Å². The summed E-state index contributed by atoms with van der Waals surface area (Å²) < 4.78 is 27.1. The van der Waals surface area contributed by atoms with Gasteiger partial charge in [0.2, 0.25) is 5.91 Å². The largest absolute Gasteiger partial charge is 0.343 e. The van der Waals surface area contributed by atoms with Gasteiger partial charge in [-0.25, -0.2) is 8.78 Å². The molecule has 7 nitrogen and oxygen atoms in total. The SMILES string of the molecule is N#CC1CC(F)(F)CN1C(=O)CNC(=O)c1ccnc2ccc(-c3cccnc3)cc12. The molecule has 1 saturated heterocycles. The van der Waals surface area contributed by atoms with E-state index in [4.69, 9.17) is 5.26 Å². The molecule has 3 aromatic rings. The molecule has 1 atom stereocenters. The fourth-order valence-corrected chi connectivity index (χ4v) is 3.60. The minimum Gasteiger partial charge on any atom is -0.343 e. The number of aromatic nitrogens is 2. The number of nitrogens with zero attached hydrogens (tertiary/aromatic N) is 4. The van der Waals surface area contributed by atoms with Crippen LogP contribution in [0.2, 0.25) is 0 Å². The van der Waals surface area contributed by atoms with Crippen molar-refractivity contribution < 1.29 is 18.4 Å². The van der Waals surface area contributed by atoms with E-state index < -0.39 is 43.3 Å². The van der Waals surface area contributed by atoms with E-state index in [1.165, 1.54) is 12.3 Å². The number of alkyl halides is 2. The van der Waals surface area contributed by atoms with Gasteiger partial charge in [-0.1, -0.05) is 12.1 Å². The normalized spacial score (nSPS) is 17.3. The molecule has 2 aromatic heterocycles. The number of benzene rings is 1. The number of halogens is 2. The van der Waals surface area contributed by atoms with E-state index in [-0.39, 0.29) is 0 Å². The number of carbonyl (C=O) groups excluding carboxylic acids is 2. The summed E-state index contributed by atoms with van der Waals surface area (Å²) in [5, 5.41) is 12.1. The molecule has 1 N–H and O–H groups in total. The zero-order chi connectivity index (χ0) is 22.0. The van der Waals surface area contributed by atoms with Crippen LogP contribution in [0.3, 0.4) is 0 Å². The molecule has 0 saturated carbocycles. The van der Waals surface area contributed by atoms with E-state index in [1.807, 2.05) is 18.2 Å². The van der Waals surface area contributed by atoms with Crippen LogP contribution in [-0.4, -0.2) is 51.7 Å². The summed E-state index contributed by atoms with van der Waals surface area (Å²) in [7, 11) is 0. The second kappa shape index (κ2) is 8.07. The zero-order valence-electron chi connectivity index (χ0n) is 16.3. The number of fused-ring (bicyclic) bond motifs is 1. The first kappa shape index (κ1) is 20.3. The smallest absolute Gasteiger partial charge is 0.268 e. The Bertz CT molecular complexity index is 1190. The zero-order valence-corrected chi connectivity index (χ0v) is 16.3. The highest BCUT2D eigenvalue weighted by atomic mass is 19.3. The number of nitriles is 1. The highest BCUT2D eigenvalue weighted by molar-refractivity contribution is 6.07. The third kappa shape index (κ3) is 4.19. The van der Waals surface area contributed by atoms with E-state index in [0.717, 1.165) is 16.0 Å². The number of hydrogen-bond acceptors (Lipinski definition) is 5. The Balaban J connectivity index is 1.54. The molecule has 31 heavy (non-hydrogen) atoms. The molecule has 1 aliphatic heterocycles. The highest BCUT2D eigenvalue weighted by Gasteiger charge is 2.47. The molecule has 0 spiro atoms. The highest BCUT2D eigenvalue weighted by Crippen LogP contribution is 2.31. The van der Waals surface area contributed by atoms with Crippen molar-refractivity contribution in [3.05, 3.63) is 60.6 Å². The van der Waals surface area contributed by atoms with Gasteiger partial charge in [-0.2, -0.15) is 5.26 Å². The molecule has 2 amide bonds. The van der Waals surface area contributed by atoms with Crippen LogP contribution in [0.1, 0.15) is 16.8 Å². The third-order valence-corrected chi connectivity index (χ3v) is 5.12. The van der Waals surface area contributed by atoms with E-state index >= 15 is 0 Å². The summed E-state index contributed by atoms with van der Waals surface area (Å²) in [6.07, 6.45) is 4.15. The quantitative estimate of drug-likeness (QED) is 0.699. The van der Waals surface area contributed by atoms with Gasteiger partial charge in [0, 0.05) is 36.0 Å². The maximum atomic E-state index is 13.6. The Labute approximate surface area is 176 Å². The number of rotatable bonds is 4. The lowest BCUT2D eigenvalue weighted by atomic mass is 10.0. The lowest BCUT2D eigenvalue weighted by Gasteiger charge is -2.19. The summed E-state index contributed by atoms with van der Waals surface area (Å²) in [5.41, 5.74) is 2.60. The molecule has 4 rings (SSSR count). The van der Waals surface area contributed by atoms with Gasteiger partial charge in [-0.3, -0.25) is 19.6 Å². The Morgan fingerprint density at radius 2 is 2.06 bits per heavy atom. The van der Waals surface area contributed by atoms with Gasteiger partial charge >= 0.3 is 0 Å². The summed E-state index contributed by atoms with van der Waals surface area (Å²) in [4.78, 5) is 34.3. The molecule has 9 heteroatoms. The second-order valence-corrected chi connectivity index (χ2v) is 7.24. The van der Waals surface area contributed by atoms with Crippen molar-refractivity contribution in [2.75, 3.05) is 13.1 Å². The Kier molecular flexibility index (Phi) is 5.29. The van der Waals surface area contributed by atoms with Gasteiger partial charge in [-0.15, -0.1) is 0 Å². The van der Waals surface area contributed by atoms with Crippen LogP contribution in [0.15, 0.2) is 55.0 Å². The monoisotopic (exact) mass is 421 g/mol. The molecule has 1 aromatic carbocycles. The molecule has 0 radical (unpaired) electrons. The standard InChI is InChI=1S/C22H17F2N5O2/c23-22(24)9-16(10-25)29(13-22)20(30)12-28-21(31)17-5-7-27-19-4-3-14(8-18(17)19)15-2-1-6-26-11-15/h1-8,11,16H,9,12-13H2,(H,28,31). The van der Waals surface area contributed by atoms with Crippen molar-refractivity contribution in [2.45, 2.75) is 18.4 Å². The Morgan fingerprint density at radius 1 is 1.23 bits per heavy atom. The lowest BCUT2D eigenvalue weighted by molar-refractivity contribution is -0.131. The average Bonchev–Trinajstić information content (AvgIpc) is 3.11. The van der Waals surface area contributed by atoms with Crippen molar-refractivity contribution in [3.63, 3.8) is 0 Å². The van der Waals surface area contributed by atoms with E-state index in [2.05, 4.69) is 15.3 Å². The van der Waals surface area contributed by atoms with Crippen LogP contribution >= 0.6 is 0 Å². The van der Waals surface area contributed by atoms with E-state index in [9.17, 15) is 18.4 Å². The van der Waals surface area contributed by atoms with E-state index in [0.29, 0.717) is 16.5 Å². The van der Waals surface area contributed by atoms with Crippen LogP contribution in [0.25, 0.3) is 22.0 Å². The molecule has 156 valence electrons. The van der Waals surface area contributed by atoms with Crippen molar-refractivity contribution in [1.29, 1.82) is 5.26 Å². The lowest BCUT2D eigenvalue weighted by Crippen LogP contribution is -2.43. The van der Waals surface area contributed by atoms with Gasteiger partial charge in [0.05, 0.1) is 30.2 Å². The van der Waals surface area contributed by atoms with Gasteiger partial charge in [0.15, 0.2) is 0 Å². The first-order chi connectivity index (χ1) is 14.9. The number of nitrogens with one attached hydrogen (secondary N) is 1. The number of pyridine rings is 2. The molecule has 0 aliphatic carbocycles. The van der Waals surface area contributed by atoms with Crippen molar-refractivity contribution in [2.24, 2.45) is 0 Å². The van der Waals surface area contributed by atoms with Gasteiger partial charge in [0.1, 0.15) is 6.04 Å². The maximum Gasteiger partial charge on any atom is 0.268 e. The third-order valence-electron chi connectivity index (χ3n) is 5.12. The summed E-state index contributed by atoms with van der Waals surface area (Å²) >= 11 is 0. The molecule has 3 heterocycles. The molecule has 0 bridgehead atoms. The fraction of sp³-hybridized carbons (Fsp3) is 0.227. The van der Waals surface area contributed by atoms with Crippen LogP contribution in [-0.2, 0) is 4.79 Å². The topological polar surface area (TPSA) is 99.0 Å². The van der Waals surface area contributed by atoms with Crippen LogP contribution < -0.4 is 5.32 Å². The van der Waals surface area contributed by atoms with Crippen molar-refractivity contribution in [3.8, 4) is 17.2 Å². The predicted octanol–water partition coefficient (Wildman–Crippen LogP) is 2.79. The summed E-state index contributed by atoms with van der Waals surface area (Å²) in [6, 6.07) is 11.2. The fourth-order valence-electron chi connectivity index (χ4n) is 3.60. The maximum absolute atomic E-state index is 13.6. The minimum atomic E-state index is -3.11. The van der Waals surface area contributed by atoms with E-state index in [1.54, 1.807) is 30.6 Å². The number of likely N-dealkylation sites (tertiary alicyclic amines) is 1. The van der Waals surface area contributed by atoms with Crippen LogP contribution in [0.4, 0.5) is 8.78 Å². The number of carbonyl (C=O) groups is 2. The summed E-state index contributed by atoms with van der Waals surface area (Å²) in [6.45, 7) is -1.31. The minimum absolute atomic E-state index is 0.298. The first-order valence-corrected chi connectivity index (χ1v) is 9.52. The first-order valence-electron chi connectivity index (χ1n) is 9.52. The van der Waals surface area contributed by atoms with Crippen molar-refractivity contribution in [1.82, 2.24) is 20.2 Å². The Hall–Kier alpha value is -3.93. The predicted molar refractivity (Wildman–Crippen MR) is 108 cm³/mol. The van der Waals surface area contributed by atoms with Gasteiger partial charge < -0.3 is 10.2 Å².